The largest absolute Gasteiger partial charge is 0.354 e. The zero-order valence-corrected chi connectivity index (χ0v) is 14.4. The Morgan fingerprint density at radius 1 is 1.29 bits per heavy atom. The number of carbonyl (C=O) groups is 3. The van der Waals surface area contributed by atoms with Crippen LogP contribution in [0.1, 0.15) is 52.4 Å². The molecule has 1 fully saturated rings. The average Bonchev–Trinajstić information content (AvgIpc) is 3.08. The monoisotopic (exact) mass is 345 g/mol. The number of hydrogen-bond acceptors (Lipinski definition) is 4. The second kappa shape index (κ2) is 10.2. The van der Waals surface area contributed by atoms with Crippen molar-refractivity contribution in [2.45, 2.75) is 64.6 Å². The topological polar surface area (TPSA) is 98.7 Å². The van der Waals surface area contributed by atoms with Crippen molar-refractivity contribution >= 4 is 17.7 Å². The van der Waals surface area contributed by atoms with E-state index in [0.717, 1.165) is 12.8 Å². The third kappa shape index (κ3) is 5.15. The molecule has 1 aliphatic heterocycles. The highest BCUT2D eigenvalue weighted by atomic mass is 19.1. The van der Waals surface area contributed by atoms with Gasteiger partial charge in [0.05, 0.1) is 5.92 Å². The van der Waals surface area contributed by atoms with Gasteiger partial charge < -0.3 is 10.2 Å². The summed E-state index contributed by atoms with van der Waals surface area (Å²) in [6, 6.07) is -0.613. The van der Waals surface area contributed by atoms with Crippen LogP contribution in [0.2, 0.25) is 0 Å². The maximum atomic E-state index is 14.3. The minimum Gasteiger partial charge on any atom is -0.354 e. The molecule has 1 rings (SSSR count). The molecule has 1 heterocycles. The molecule has 0 aromatic heterocycles. The van der Waals surface area contributed by atoms with E-state index in [4.69, 9.17) is 5.21 Å². The van der Waals surface area contributed by atoms with Crippen molar-refractivity contribution in [3.63, 3.8) is 0 Å². The molecule has 1 aliphatic rings. The van der Waals surface area contributed by atoms with Crippen LogP contribution in [-0.4, -0.2) is 53.1 Å². The molecule has 1 saturated heterocycles. The molecule has 7 nitrogen and oxygen atoms in total. The fourth-order valence-electron chi connectivity index (χ4n) is 2.95. The average molecular weight is 345 g/mol. The Hall–Kier alpha value is -1.70. The van der Waals surface area contributed by atoms with Gasteiger partial charge in [-0.1, -0.05) is 26.7 Å². The van der Waals surface area contributed by atoms with Gasteiger partial charge in [0, 0.05) is 13.1 Å². The molecule has 0 aromatic carbocycles. The fraction of sp³-hybridized carbons (Fsp3) is 0.812. The van der Waals surface area contributed by atoms with Gasteiger partial charge in [-0.25, -0.2) is 9.87 Å². The first-order chi connectivity index (χ1) is 11.5. The van der Waals surface area contributed by atoms with E-state index in [9.17, 15) is 18.8 Å². The van der Waals surface area contributed by atoms with E-state index in [0.29, 0.717) is 32.4 Å². The number of carbonyl (C=O) groups excluding carboxylic acids is 3. The second-order valence-corrected chi connectivity index (χ2v) is 6.11. The summed E-state index contributed by atoms with van der Waals surface area (Å²) in [4.78, 5) is 37.7. The highest BCUT2D eigenvalue weighted by Gasteiger charge is 2.41. The summed E-state index contributed by atoms with van der Waals surface area (Å²) < 4.78 is 14.3. The number of amides is 3. The number of halogens is 1. The third-order valence-corrected chi connectivity index (χ3v) is 4.29. The Kier molecular flexibility index (Phi) is 8.67. The van der Waals surface area contributed by atoms with Crippen LogP contribution in [0.5, 0.6) is 0 Å². The highest BCUT2D eigenvalue weighted by molar-refractivity contribution is 5.92. The van der Waals surface area contributed by atoms with Gasteiger partial charge in [0.15, 0.2) is 6.17 Å². The van der Waals surface area contributed by atoms with E-state index < -0.39 is 29.9 Å². The highest BCUT2D eigenvalue weighted by Crippen LogP contribution is 2.25. The number of likely N-dealkylation sites (tertiary alicyclic amines) is 1. The van der Waals surface area contributed by atoms with Crippen LogP contribution in [0.25, 0.3) is 0 Å². The second-order valence-electron chi connectivity index (χ2n) is 6.11. The summed E-state index contributed by atoms with van der Waals surface area (Å²) in [5.74, 6) is -3.18. The maximum absolute atomic E-state index is 14.3. The van der Waals surface area contributed by atoms with E-state index in [1.807, 2.05) is 13.8 Å². The first-order valence-electron chi connectivity index (χ1n) is 8.64. The predicted octanol–water partition coefficient (Wildman–Crippen LogP) is 1.15. The molecule has 2 unspecified atom stereocenters. The van der Waals surface area contributed by atoms with Crippen LogP contribution in [0.4, 0.5) is 4.39 Å². The minimum absolute atomic E-state index is 0.198. The van der Waals surface area contributed by atoms with E-state index in [1.165, 1.54) is 10.4 Å². The lowest BCUT2D eigenvalue weighted by Crippen LogP contribution is -2.51. The fourth-order valence-corrected chi connectivity index (χ4v) is 2.95. The Morgan fingerprint density at radius 3 is 2.58 bits per heavy atom. The molecular weight excluding hydrogens is 317 g/mol. The van der Waals surface area contributed by atoms with E-state index in [-0.39, 0.29) is 12.3 Å². The minimum atomic E-state index is -2.13. The number of rotatable bonds is 9. The molecule has 138 valence electrons. The van der Waals surface area contributed by atoms with E-state index >= 15 is 0 Å². The number of unbranched alkanes of at least 4 members (excludes halogenated alkanes) is 1. The van der Waals surface area contributed by atoms with Crippen LogP contribution >= 0.6 is 0 Å². The SMILES string of the molecule is CCCCC(C(=O)N1CCC[C@H]1C(=O)NCCC)C(F)C(=O)NO. The summed E-state index contributed by atoms with van der Waals surface area (Å²) >= 11 is 0. The molecule has 3 N–H and O–H groups in total. The number of hydroxylamine groups is 1. The molecular formula is C16H28FN3O4. The van der Waals surface area contributed by atoms with Gasteiger partial charge in [-0.05, 0) is 25.7 Å². The summed E-state index contributed by atoms with van der Waals surface area (Å²) in [6.45, 7) is 4.73. The van der Waals surface area contributed by atoms with Gasteiger partial charge in [-0.15, -0.1) is 0 Å². The lowest BCUT2D eigenvalue weighted by molar-refractivity contribution is -0.149. The zero-order valence-electron chi connectivity index (χ0n) is 14.4. The smallest absolute Gasteiger partial charge is 0.278 e. The molecule has 0 radical (unpaired) electrons. The van der Waals surface area contributed by atoms with E-state index in [1.54, 1.807) is 0 Å². The summed E-state index contributed by atoms with van der Waals surface area (Å²) in [5.41, 5.74) is 1.27. The van der Waals surface area contributed by atoms with Gasteiger partial charge in [0.2, 0.25) is 11.8 Å². The van der Waals surface area contributed by atoms with Crippen LogP contribution in [0, 0.1) is 5.92 Å². The van der Waals surface area contributed by atoms with Crippen molar-refractivity contribution in [3.05, 3.63) is 0 Å². The molecule has 3 amide bonds. The number of nitrogens with zero attached hydrogens (tertiary/aromatic N) is 1. The van der Waals surface area contributed by atoms with Gasteiger partial charge in [0.25, 0.3) is 5.91 Å². The van der Waals surface area contributed by atoms with Crippen molar-refractivity contribution in [2.75, 3.05) is 13.1 Å². The number of hydrogen-bond donors (Lipinski definition) is 3. The molecule has 24 heavy (non-hydrogen) atoms. The summed E-state index contributed by atoms with van der Waals surface area (Å²) in [5, 5.41) is 11.4. The number of alkyl halides is 1. The Morgan fingerprint density at radius 2 is 2.00 bits per heavy atom. The van der Waals surface area contributed by atoms with Crippen molar-refractivity contribution < 1.29 is 24.0 Å². The molecule has 0 aliphatic carbocycles. The first kappa shape index (κ1) is 20.3. The van der Waals surface area contributed by atoms with Crippen molar-refractivity contribution in [1.29, 1.82) is 0 Å². The standard InChI is InChI=1S/C16H28FN3O4/c1-3-5-7-11(13(17)15(22)19-24)16(23)20-10-6-8-12(20)14(21)18-9-4-2/h11-13,24H,3-10H2,1-2H3,(H,18,21)(H,19,22)/t11?,12-,13?/m0/s1. The first-order valence-corrected chi connectivity index (χ1v) is 8.64. The van der Waals surface area contributed by atoms with Gasteiger partial charge >= 0.3 is 0 Å². The lowest BCUT2D eigenvalue weighted by Gasteiger charge is -2.29. The Bertz CT molecular complexity index is 447. The molecule has 8 heteroatoms. The van der Waals surface area contributed by atoms with Crippen molar-refractivity contribution in [1.82, 2.24) is 15.7 Å². The van der Waals surface area contributed by atoms with Crippen LogP contribution in [0.3, 0.4) is 0 Å². The Labute approximate surface area is 141 Å². The van der Waals surface area contributed by atoms with Crippen LogP contribution < -0.4 is 10.8 Å². The summed E-state index contributed by atoms with van der Waals surface area (Å²) in [7, 11) is 0. The predicted molar refractivity (Wildman–Crippen MR) is 85.9 cm³/mol. The molecule has 0 spiro atoms. The molecule has 0 aromatic rings. The van der Waals surface area contributed by atoms with Crippen molar-refractivity contribution in [3.8, 4) is 0 Å². The molecule has 0 saturated carbocycles. The molecule has 0 bridgehead atoms. The van der Waals surface area contributed by atoms with Crippen LogP contribution in [0.15, 0.2) is 0 Å². The van der Waals surface area contributed by atoms with Crippen molar-refractivity contribution in [2.24, 2.45) is 5.92 Å². The molecule has 3 atom stereocenters. The zero-order chi connectivity index (χ0) is 18.1. The Balaban J connectivity index is 2.86. The maximum Gasteiger partial charge on any atom is 0.278 e. The van der Waals surface area contributed by atoms with E-state index in [2.05, 4.69) is 5.32 Å². The van der Waals surface area contributed by atoms with Gasteiger partial charge in [-0.3, -0.25) is 19.6 Å². The van der Waals surface area contributed by atoms with Gasteiger partial charge in [0.1, 0.15) is 6.04 Å². The van der Waals surface area contributed by atoms with Crippen LogP contribution in [-0.2, 0) is 14.4 Å². The van der Waals surface area contributed by atoms with Gasteiger partial charge in [-0.2, -0.15) is 0 Å². The normalized spacial score (nSPS) is 19.7. The lowest BCUT2D eigenvalue weighted by atomic mass is 9.94. The third-order valence-electron chi connectivity index (χ3n) is 4.29. The quantitative estimate of drug-likeness (QED) is 0.431. The summed E-state index contributed by atoms with van der Waals surface area (Å²) in [6.07, 6.45) is 1.38. The number of nitrogens with one attached hydrogen (secondary N) is 2.